The van der Waals surface area contributed by atoms with Crippen LogP contribution in [0.5, 0.6) is 5.88 Å². The van der Waals surface area contributed by atoms with Gasteiger partial charge in [-0.15, -0.1) is 0 Å². The lowest BCUT2D eigenvalue weighted by Crippen LogP contribution is -2.40. The van der Waals surface area contributed by atoms with Gasteiger partial charge in [0.2, 0.25) is 5.88 Å². The number of carbonyl (C=O) groups excluding carboxylic acids is 1. The SMILES string of the molecule is CCOc1cccc(-c2cnc(N3CCc4nc(NC(=O)NCC(C)(C)O)sc4C3)o2)n1. The summed E-state index contributed by atoms with van der Waals surface area (Å²) >= 11 is 1.42. The Hall–Kier alpha value is -3.18. The molecule has 0 saturated heterocycles. The van der Waals surface area contributed by atoms with Crippen LogP contribution in [-0.4, -0.2) is 51.4 Å². The third-order valence-electron chi connectivity index (χ3n) is 4.67. The van der Waals surface area contributed by atoms with Crippen molar-refractivity contribution in [3.05, 3.63) is 35.0 Å². The second-order valence-electron chi connectivity index (χ2n) is 7.98. The number of pyridine rings is 1. The predicted molar refractivity (Wildman–Crippen MR) is 121 cm³/mol. The standard InChI is InChI=1S/C21H26N6O4S/c1-4-30-17-7-5-6-13(24-17)15-10-22-20(31-15)27-9-8-14-16(11-27)32-19(25-14)26-18(28)23-12-21(2,3)29/h5-7,10,29H,4,8-9,11-12H2,1-3H3,(H2,23,25,26,28). The lowest BCUT2D eigenvalue weighted by Gasteiger charge is -2.24. The predicted octanol–water partition coefficient (Wildman–Crippen LogP) is 3.05. The zero-order valence-electron chi connectivity index (χ0n) is 18.2. The molecule has 10 nitrogen and oxygen atoms in total. The molecule has 0 unspecified atom stereocenters. The Morgan fingerprint density at radius 1 is 1.38 bits per heavy atom. The van der Waals surface area contributed by atoms with Crippen LogP contribution in [0, 0.1) is 0 Å². The lowest BCUT2D eigenvalue weighted by molar-refractivity contribution is 0.0826. The molecule has 0 saturated carbocycles. The minimum atomic E-state index is -0.977. The molecule has 1 aliphatic rings. The van der Waals surface area contributed by atoms with Crippen LogP contribution in [0.2, 0.25) is 0 Å². The van der Waals surface area contributed by atoms with Gasteiger partial charge in [-0.2, -0.15) is 0 Å². The molecule has 0 spiro atoms. The Kier molecular flexibility index (Phi) is 6.28. The quantitative estimate of drug-likeness (QED) is 0.493. The van der Waals surface area contributed by atoms with Gasteiger partial charge in [0.05, 0.1) is 30.6 Å². The Morgan fingerprint density at radius 3 is 3.00 bits per heavy atom. The highest BCUT2D eigenvalue weighted by Gasteiger charge is 2.25. The van der Waals surface area contributed by atoms with E-state index < -0.39 is 11.6 Å². The van der Waals surface area contributed by atoms with Crippen molar-refractivity contribution in [3.8, 4) is 17.3 Å². The fourth-order valence-corrected chi connectivity index (χ4v) is 4.18. The molecule has 4 rings (SSSR count). The number of hydrogen-bond acceptors (Lipinski definition) is 9. The highest BCUT2D eigenvalue weighted by atomic mass is 32.1. The van der Waals surface area contributed by atoms with E-state index in [4.69, 9.17) is 9.15 Å². The molecule has 3 aromatic rings. The van der Waals surface area contributed by atoms with E-state index in [0.717, 1.165) is 10.6 Å². The third kappa shape index (κ3) is 5.35. The van der Waals surface area contributed by atoms with Crippen LogP contribution >= 0.6 is 11.3 Å². The van der Waals surface area contributed by atoms with Gasteiger partial charge < -0.3 is 24.5 Å². The number of anilines is 2. The Morgan fingerprint density at radius 2 is 2.22 bits per heavy atom. The van der Waals surface area contributed by atoms with Crippen molar-refractivity contribution in [1.29, 1.82) is 0 Å². The van der Waals surface area contributed by atoms with Crippen molar-refractivity contribution >= 4 is 28.5 Å². The van der Waals surface area contributed by atoms with Gasteiger partial charge in [-0.25, -0.2) is 19.7 Å². The van der Waals surface area contributed by atoms with Crippen LogP contribution in [0.15, 0.2) is 28.8 Å². The van der Waals surface area contributed by atoms with Gasteiger partial charge >= 0.3 is 6.03 Å². The highest BCUT2D eigenvalue weighted by Crippen LogP contribution is 2.32. The number of aromatic nitrogens is 3. The first kappa shape index (κ1) is 22.0. The zero-order valence-corrected chi connectivity index (χ0v) is 19.0. The Balaban J connectivity index is 1.41. The van der Waals surface area contributed by atoms with Gasteiger partial charge in [0, 0.05) is 30.5 Å². The van der Waals surface area contributed by atoms with E-state index in [0.29, 0.717) is 54.6 Å². The molecule has 0 bridgehead atoms. The molecular weight excluding hydrogens is 432 g/mol. The number of fused-ring (bicyclic) bond motifs is 1. The smallest absolute Gasteiger partial charge is 0.321 e. The molecular formula is C21H26N6O4S. The van der Waals surface area contributed by atoms with Crippen molar-refractivity contribution in [1.82, 2.24) is 20.3 Å². The van der Waals surface area contributed by atoms with E-state index in [9.17, 15) is 9.90 Å². The average molecular weight is 459 g/mol. The van der Waals surface area contributed by atoms with Crippen LogP contribution < -0.4 is 20.3 Å². The van der Waals surface area contributed by atoms with E-state index >= 15 is 0 Å². The van der Waals surface area contributed by atoms with Gasteiger partial charge in [-0.05, 0) is 26.8 Å². The molecule has 32 heavy (non-hydrogen) atoms. The molecule has 11 heteroatoms. The molecule has 4 heterocycles. The summed E-state index contributed by atoms with van der Waals surface area (Å²) in [6.45, 7) is 7.15. The zero-order chi connectivity index (χ0) is 22.7. The van der Waals surface area contributed by atoms with Crippen molar-refractivity contribution < 1.29 is 19.1 Å². The van der Waals surface area contributed by atoms with Crippen LogP contribution in [0.25, 0.3) is 11.5 Å². The maximum atomic E-state index is 12.0. The van der Waals surface area contributed by atoms with Crippen LogP contribution in [0.1, 0.15) is 31.3 Å². The van der Waals surface area contributed by atoms with Crippen molar-refractivity contribution in [2.45, 2.75) is 39.3 Å². The number of hydrogen-bond donors (Lipinski definition) is 3. The van der Waals surface area contributed by atoms with Gasteiger partial charge in [0.15, 0.2) is 10.9 Å². The molecule has 3 N–H and O–H groups in total. The number of oxazole rings is 1. The first-order chi connectivity index (χ1) is 15.3. The molecule has 1 aliphatic heterocycles. The van der Waals surface area contributed by atoms with E-state index in [1.807, 2.05) is 24.0 Å². The first-order valence-electron chi connectivity index (χ1n) is 10.4. The summed E-state index contributed by atoms with van der Waals surface area (Å²) in [5.41, 5.74) is 0.644. The summed E-state index contributed by atoms with van der Waals surface area (Å²) in [6.07, 6.45) is 2.38. The number of rotatable bonds is 7. The summed E-state index contributed by atoms with van der Waals surface area (Å²) in [5.74, 6) is 1.12. The van der Waals surface area contributed by atoms with Crippen LogP contribution in [-0.2, 0) is 13.0 Å². The molecule has 0 radical (unpaired) electrons. The summed E-state index contributed by atoms with van der Waals surface area (Å²) < 4.78 is 11.4. The molecule has 170 valence electrons. The van der Waals surface area contributed by atoms with Gasteiger partial charge in [0.1, 0.15) is 5.69 Å². The first-order valence-corrected chi connectivity index (χ1v) is 11.2. The molecule has 0 atom stereocenters. The van der Waals surface area contributed by atoms with E-state index in [1.165, 1.54) is 11.3 Å². The summed E-state index contributed by atoms with van der Waals surface area (Å²) in [6, 6.07) is 5.64. The summed E-state index contributed by atoms with van der Waals surface area (Å²) in [5, 5.41) is 15.6. The number of nitrogens with one attached hydrogen (secondary N) is 2. The van der Waals surface area contributed by atoms with Crippen molar-refractivity contribution in [2.75, 3.05) is 29.9 Å². The summed E-state index contributed by atoms with van der Waals surface area (Å²) in [7, 11) is 0. The highest BCUT2D eigenvalue weighted by molar-refractivity contribution is 7.15. The largest absolute Gasteiger partial charge is 0.478 e. The minimum Gasteiger partial charge on any atom is -0.478 e. The molecule has 3 aromatic heterocycles. The second kappa shape index (κ2) is 9.13. The van der Waals surface area contributed by atoms with Crippen molar-refractivity contribution in [2.24, 2.45) is 0 Å². The fraction of sp³-hybridized carbons (Fsp3) is 0.429. The van der Waals surface area contributed by atoms with E-state index in [1.54, 1.807) is 26.1 Å². The molecule has 0 aromatic carbocycles. The van der Waals surface area contributed by atoms with Crippen LogP contribution in [0.4, 0.5) is 15.9 Å². The number of urea groups is 1. The molecule has 0 fully saturated rings. The third-order valence-corrected chi connectivity index (χ3v) is 5.66. The van der Waals surface area contributed by atoms with Crippen molar-refractivity contribution in [3.63, 3.8) is 0 Å². The number of ether oxygens (including phenoxy) is 1. The van der Waals surface area contributed by atoms with E-state index in [-0.39, 0.29) is 6.54 Å². The monoisotopic (exact) mass is 458 g/mol. The van der Waals surface area contributed by atoms with Gasteiger partial charge in [0.25, 0.3) is 6.01 Å². The maximum Gasteiger partial charge on any atom is 0.321 e. The van der Waals surface area contributed by atoms with E-state index in [2.05, 4.69) is 25.6 Å². The average Bonchev–Trinajstić information content (AvgIpc) is 3.38. The Labute approximate surface area is 189 Å². The number of aliphatic hydroxyl groups is 1. The maximum absolute atomic E-state index is 12.0. The van der Waals surface area contributed by atoms with Gasteiger partial charge in [-0.1, -0.05) is 17.4 Å². The number of thiazole rings is 1. The number of nitrogens with zero attached hydrogens (tertiary/aromatic N) is 4. The molecule has 2 amide bonds. The second-order valence-corrected chi connectivity index (χ2v) is 9.07. The summed E-state index contributed by atoms with van der Waals surface area (Å²) in [4.78, 5) is 28.5. The topological polar surface area (TPSA) is 126 Å². The number of amides is 2. The molecule has 0 aliphatic carbocycles. The minimum absolute atomic E-state index is 0.145. The Bertz CT molecular complexity index is 1090. The lowest BCUT2D eigenvalue weighted by atomic mass is 10.1. The van der Waals surface area contributed by atoms with Gasteiger partial charge in [-0.3, -0.25) is 5.32 Å². The fourth-order valence-electron chi connectivity index (χ4n) is 3.16. The van der Waals surface area contributed by atoms with Crippen LogP contribution in [0.3, 0.4) is 0 Å². The number of carbonyl (C=O) groups is 1. The normalized spacial score (nSPS) is 13.6.